The smallest absolute Gasteiger partial charge is 0.220 e. The van der Waals surface area contributed by atoms with Gasteiger partial charge in [-0.2, -0.15) is 0 Å². The minimum atomic E-state index is -0.449. The highest BCUT2D eigenvalue weighted by molar-refractivity contribution is 5.71. The molecule has 0 saturated carbocycles. The maximum atomic E-state index is 10.2. The van der Waals surface area contributed by atoms with Crippen LogP contribution in [-0.4, -0.2) is 25.5 Å². The highest BCUT2D eigenvalue weighted by Crippen LogP contribution is 2.59. The van der Waals surface area contributed by atoms with E-state index in [2.05, 4.69) is 0 Å². The molecule has 0 saturated heterocycles. The van der Waals surface area contributed by atoms with Gasteiger partial charge < -0.3 is 39.7 Å². The fourth-order valence-corrected chi connectivity index (χ4v) is 2.51. The molecule has 132 valence electrons. The fraction of sp³-hybridized carbons (Fsp3) is 0. The molecule has 26 heavy (non-hydrogen) atoms. The number of fused-ring (bicyclic) bond motifs is 2. The van der Waals surface area contributed by atoms with Crippen molar-refractivity contribution in [1.82, 2.24) is 0 Å². The number of ether oxygens (including phenoxy) is 3. The molecule has 3 aromatic rings. The van der Waals surface area contributed by atoms with Crippen molar-refractivity contribution < 1.29 is 39.7 Å². The summed E-state index contributed by atoms with van der Waals surface area (Å²) in [5, 5.41) is 49.3. The number of phenols is 5. The van der Waals surface area contributed by atoms with Crippen molar-refractivity contribution in [3.63, 3.8) is 0 Å². The predicted octanol–water partition coefficient (Wildman–Crippen LogP) is 3.90. The molecule has 8 heteroatoms. The van der Waals surface area contributed by atoms with Gasteiger partial charge in [-0.1, -0.05) is 6.07 Å². The Morgan fingerprint density at radius 2 is 1.42 bits per heavy atom. The quantitative estimate of drug-likeness (QED) is 0.366. The molecule has 0 radical (unpaired) electrons. The van der Waals surface area contributed by atoms with Crippen LogP contribution in [0.4, 0.5) is 0 Å². The zero-order chi connectivity index (χ0) is 18.4. The van der Waals surface area contributed by atoms with Crippen LogP contribution in [0.2, 0.25) is 0 Å². The van der Waals surface area contributed by atoms with Crippen LogP contribution in [0.3, 0.4) is 0 Å². The molecule has 1 aliphatic rings. The Hall–Kier alpha value is -3.94. The molecule has 0 aromatic heterocycles. The van der Waals surface area contributed by atoms with Gasteiger partial charge in [-0.05, 0) is 12.1 Å². The Kier molecular flexibility index (Phi) is 3.33. The minimum absolute atomic E-state index is 0.0284. The summed E-state index contributed by atoms with van der Waals surface area (Å²) < 4.78 is 16.6. The molecule has 0 bridgehead atoms. The lowest BCUT2D eigenvalue weighted by molar-refractivity contribution is 0.299. The van der Waals surface area contributed by atoms with E-state index < -0.39 is 17.2 Å². The fourth-order valence-electron chi connectivity index (χ4n) is 2.51. The first-order valence-electron chi connectivity index (χ1n) is 7.40. The van der Waals surface area contributed by atoms with Crippen LogP contribution >= 0.6 is 0 Å². The van der Waals surface area contributed by atoms with Gasteiger partial charge >= 0.3 is 0 Å². The van der Waals surface area contributed by atoms with Gasteiger partial charge in [0.25, 0.3) is 0 Å². The second kappa shape index (κ2) is 5.55. The van der Waals surface area contributed by atoms with E-state index in [1.807, 2.05) is 0 Å². The average molecular weight is 356 g/mol. The third kappa shape index (κ3) is 2.49. The molecule has 8 nitrogen and oxygen atoms in total. The summed E-state index contributed by atoms with van der Waals surface area (Å²) in [5.41, 5.74) is 0. The van der Waals surface area contributed by atoms with Crippen LogP contribution in [0.25, 0.3) is 0 Å². The Morgan fingerprint density at radius 1 is 0.654 bits per heavy atom. The molecule has 4 rings (SSSR count). The van der Waals surface area contributed by atoms with Gasteiger partial charge in [0.2, 0.25) is 23.0 Å². The van der Waals surface area contributed by atoms with Crippen molar-refractivity contribution in [1.29, 1.82) is 0 Å². The standard InChI is InChI=1S/C18H12O8/c19-8-2-1-3-10(4-8)24-16-12(22)7-13(23)17-18(16)26-15-11(21)5-9(20)6-14(15)25-17/h1-7,19-23H. The van der Waals surface area contributed by atoms with Crippen LogP contribution in [0.15, 0.2) is 42.5 Å². The summed E-state index contributed by atoms with van der Waals surface area (Å²) in [5.74, 6) is -2.11. The molecule has 0 amide bonds. The molecule has 1 heterocycles. The summed E-state index contributed by atoms with van der Waals surface area (Å²) in [6.07, 6.45) is 0. The van der Waals surface area contributed by atoms with E-state index >= 15 is 0 Å². The lowest BCUT2D eigenvalue weighted by Gasteiger charge is -2.24. The summed E-state index contributed by atoms with van der Waals surface area (Å²) in [6, 6.07) is 9.06. The molecule has 0 unspecified atom stereocenters. The van der Waals surface area contributed by atoms with Crippen molar-refractivity contribution in [2.24, 2.45) is 0 Å². The van der Waals surface area contributed by atoms with E-state index in [9.17, 15) is 25.5 Å². The van der Waals surface area contributed by atoms with Crippen molar-refractivity contribution in [2.45, 2.75) is 0 Å². The van der Waals surface area contributed by atoms with E-state index in [1.165, 1.54) is 30.3 Å². The number of phenolic OH excluding ortho intramolecular Hbond substituents is 5. The number of hydrogen-bond donors (Lipinski definition) is 5. The van der Waals surface area contributed by atoms with Crippen LogP contribution in [-0.2, 0) is 0 Å². The van der Waals surface area contributed by atoms with Gasteiger partial charge in [0.1, 0.15) is 17.2 Å². The third-order valence-electron chi connectivity index (χ3n) is 3.62. The second-order valence-electron chi connectivity index (χ2n) is 5.50. The topological polar surface area (TPSA) is 129 Å². The molecule has 0 fully saturated rings. The monoisotopic (exact) mass is 356 g/mol. The van der Waals surface area contributed by atoms with E-state index in [1.54, 1.807) is 0 Å². The zero-order valence-corrected chi connectivity index (χ0v) is 13.0. The maximum absolute atomic E-state index is 10.2. The van der Waals surface area contributed by atoms with Gasteiger partial charge in [-0.25, -0.2) is 0 Å². The third-order valence-corrected chi connectivity index (χ3v) is 3.62. The maximum Gasteiger partial charge on any atom is 0.220 e. The van der Waals surface area contributed by atoms with Gasteiger partial charge in [0.05, 0.1) is 0 Å². The Balaban J connectivity index is 1.84. The molecule has 1 aliphatic heterocycles. The lowest BCUT2D eigenvalue weighted by atomic mass is 10.2. The SMILES string of the molecule is Oc1cccc(Oc2c(O)cc(O)c3c2Oc2c(O)cc(O)cc2O3)c1. The van der Waals surface area contributed by atoms with Gasteiger partial charge in [0, 0.05) is 24.3 Å². The Labute approximate surface area is 146 Å². The van der Waals surface area contributed by atoms with E-state index in [4.69, 9.17) is 14.2 Å². The second-order valence-corrected chi connectivity index (χ2v) is 5.50. The first-order valence-corrected chi connectivity index (χ1v) is 7.40. The van der Waals surface area contributed by atoms with Crippen LogP contribution in [0, 0.1) is 0 Å². The normalized spacial score (nSPS) is 11.7. The van der Waals surface area contributed by atoms with Gasteiger partial charge in [-0.3, -0.25) is 0 Å². The first kappa shape index (κ1) is 15.6. The molecule has 5 N–H and O–H groups in total. The van der Waals surface area contributed by atoms with Crippen molar-refractivity contribution in [3.05, 3.63) is 42.5 Å². The highest BCUT2D eigenvalue weighted by Gasteiger charge is 2.31. The highest BCUT2D eigenvalue weighted by atomic mass is 16.6. The molecule has 3 aromatic carbocycles. The van der Waals surface area contributed by atoms with Crippen molar-refractivity contribution in [2.75, 3.05) is 0 Å². The van der Waals surface area contributed by atoms with Gasteiger partial charge in [0.15, 0.2) is 23.0 Å². The van der Waals surface area contributed by atoms with E-state index in [0.717, 1.165) is 12.1 Å². The van der Waals surface area contributed by atoms with Crippen molar-refractivity contribution in [3.8, 4) is 63.2 Å². The zero-order valence-electron chi connectivity index (χ0n) is 13.0. The molecule has 0 spiro atoms. The van der Waals surface area contributed by atoms with Crippen LogP contribution < -0.4 is 14.2 Å². The lowest BCUT2D eigenvalue weighted by Crippen LogP contribution is -2.01. The number of hydrogen-bond acceptors (Lipinski definition) is 8. The number of benzene rings is 3. The number of rotatable bonds is 2. The van der Waals surface area contributed by atoms with E-state index in [0.29, 0.717) is 0 Å². The molecule has 0 aliphatic carbocycles. The first-order chi connectivity index (χ1) is 12.4. The average Bonchev–Trinajstić information content (AvgIpc) is 2.57. The van der Waals surface area contributed by atoms with Crippen LogP contribution in [0.5, 0.6) is 63.2 Å². The van der Waals surface area contributed by atoms with Gasteiger partial charge in [-0.15, -0.1) is 0 Å². The van der Waals surface area contributed by atoms with Crippen molar-refractivity contribution >= 4 is 0 Å². The summed E-state index contributed by atoms with van der Waals surface area (Å²) in [6.45, 7) is 0. The molecule has 0 atom stereocenters. The summed E-state index contributed by atoms with van der Waals surface area (Å²) in [4.78, 5) is 0. The van der Waals surface area contributed by atoms with Crippen LogP contribution in [0.1, 0.15) is 0 Å². The number of aromatic hydroxyl groups is 5. The summed E-state index contributed by atoms with van der Waals surface area (Å²) >= 11 is 0. The van der Waals surface area contributed by atoms with E-state index in [-0.39, 0.29) is 46.0 Å². The predicted molar refractivity (Wildman–Crippen MR) is 87.9 cm³/mol. The molecular formula is C18H12O8. The Morgan fingerprint density at radius 3 is 2.19 bits per heavy atom. The molecular weight excluding hydrogens is 344 g/mol. The largest absolute Gasteiger partial charge is 0.508 e. The summed E-state index contributed by atoms with van der Waals surface area (Å²) in [7, 11) is 0. The minimum Gasteiger partial charge on any atom is -0.508 e. The Bertz CT molecular complexity index is 1030.